The summed E-state index contributed by atoms with van der Waals surface area (Å²) >= 11 is 1.24. The minimum absolute atomic E-state index is 0.265. The molecule has 0 saturated carbocycles. The number of benzene rings is 1. The van der Waals surface area contributed by atoms with Gasteiger partial charge in [0.1, 0.15) is 10.5 Å². The summed E-state index contributed by atoms with van der Waals surface area (Å²) in [4.78, 5) is 26.9. The fraction of sp³-hybridized carbons (Fsp3) is 0.0769. The molecule has 0 atom stereocenters. The molecule has 2 aromatic heterocycles. The number of hydrogen-bond donors (Lipinski definition) is 1. The van der Waals surface area contributed by atoms with Gasteiger partial charge in [0.05, 0.1) is 11.2 Å². The maximum absolute atomic E-state index is 13.3. The van der Waals surface area contributed by atoms with Crippen LogP contribution in [0.15, 0.2) is 39.2 Å². The fourth-order valence-electron chi connectivity index (χ4n) is 1.98. The zero-order valence-corrected chi connectivity index (χ0v) is 10.8. The first-order chi connectivity index (χ1) is 9.08. The second-order valence-electron chi connectivity index (χ2n) is 4.16. The van der Waals surface area contributed by atoms with Crippen molar-refractivity contribution in [3.05, 3.63) is 61.9 Å². The maximum Gasteiger partial charge on any atom is 0.333 e. The van der Waals surface area contributed by atoms with Crippen LogP contribution in [0, 0.1) is 12.7 Å². The molecule has 6 heteroatoms. The van der Waals surface area contributed by atoms with E-state index in [4.69, 9.17) is 0 Å². The molecule has 0 radical (unpaired) electrons. The van der Waals surface area contributed by atoms with Gasteiger partial charge in [-0.3, -0.25) is 4.79 Å². The molecule has 0 aliphatic carbocycles. The zero-order valence-electron chi connectivity index (χ0n) is 9.94. The molecule has 96 valence electrons. The van der Waals surface area contributed by atoms with Crippen LogP contribution in [-0.4, -0.2) is 9.55 Å². The summed E-state index contributed by atoms with van der Waals surface area (Å²) in [6, 6.07) is 5.69. The number of fused-ring (bicyclic) bond motifs is 1. The molecule has 1 aromatic carbocycles. The van der Waals surface area contributed by atoms with E-state index in [0.717, 1.165) is 4.57 Å². The highest BCUT2D eigenvalue weighted by Crippen LogP contribution is 2.16. The van der Waals surface area contributed by atoms with Crippen LogP contribution < -0.4 is 11.2 Å². The number of rotatable bonds is 1. The zero-order chi connectivity index (χ0) is 13.6. The third kappa shape index (κ3) is 1.80. The third-order valence-corrected chi connectivity index (χ3v) is 3.82. The Kier molecular flexibility index (Phi) is 2.60. The standard InChI is InChI=1S/C13H9FN2O2S/c1-7-2-3-8(14)6-10(7)16-12(17)11-9(4-5-19-11)15-13(16)18/h2-6H,1H3,(H,15,18). The number of nitrogens with zero attached hydrogens (tertiary/aromatic N) is 1. The Balaban J connectivity index is 2.46. The average molecular weight is 276 g/mol. The van der Waals surface area contributed by atoms with Crippen molar-refractivity contribution >= 4 is 21.6 Å². The van der Waals surface area contributed by atoms with Gasteiger partial charge in [0.2, 0.25) is 0 Å². The Morgan fingerprint density at radius 1 is 1.26 bits per heavy atom. The molecule has 0 fully saturated rings. The van der Waals surface area contributed by atoms with Crippen molar-refractivity contribution in [3.63, 3.8) is 0 Å². The van der Waals surface area contributed by atoms with Crippen molar-refractivity contribution in [1.82, 2.24) is 9.55 Å². The van der Waals surface area contributed by atoms with Crippen molar-refractivity contribution in [2.24, 2.45) is 0 Å². The van der Waals surface area contributed by atoms with E-state index in [1.54, 1.807) is 18.4 Å². The van der Waals surface area contributed by atoms with Crippen LogP contribution in [0.5, 0.6) is 0 Å². The van der Waals surface area contributed by atoms with Crippen molar-refractivity contribution in [1.29, 1.82) is 0 Å². The lowest BCUT2D eigenvalue weighted by Crippen LogP contribution is -2.33. The van der Waals surface area contributed by atoms with Gasteiger partial charge in [-0.25, -0.2) is 13.8 Å². The van der Waals surface area contributed by atoms with E-state index >= 15 is 0 Å². The molecule has 0 amide bonds. The molecule has 4 nitrogen and oxygen atoms in total. The van der Waals surface area contributed by atoms with Crippen LogP contribution in [-0.2, 0) is 0 Å². The van der Waals surface area contributed by atoms with Crippen LogP contribution >= 0.6 is 11.3 Å². The third-order valence-electron chi connectivity index (χ3n) is 2.92. The molecule has 0 spiro atoms. The van der Waals surface area contributed by atoms with Gasteiger partial charge in [0.25, 0.3) is 5.56 Å². The molecule has 0 aliphatic heterocycles. The van der Waals surface area contributed by atoms with Gasteiger partial charge in [-0.2, -0.15) is 0 Å². The Labute approximate surface area is 110 Å². The molecular weight excluding hydrogens is 267 g/mol. The molecule has 19 heavy (non-hydrogen) atoms. The lowest BCUT2D eigenvalue weighted by atomic mass is 10.2. The number of nitrogens with one attached hydrogen (secondary N) is 1. The molecule has 0 saturated heterocycles. The Bertz CT molecular complexity index is 892. The summed E-state index contributed by atoms with van der Waals surface area (Å²) in [6.45, 7) is 1.72. The summed E-state index contributed by atoms with van der Waals surface area (Å²) in [7, 11) is 0. The van der Waals surface area contributed by atoms with Gasteiger partial charge < -0.3 is 4.98 Å². The Morgan fingerprint density at radius 3 is 2.84 bits per heavy atom. The van der Waals surface area contributed by atoms with E-state index in [1.165, 1.54) is 29.5 Å². The predicted octanol–water partition coefficient (Wildman–Crippen LogP) is 2.19. The molecule has 0 aliphatic rings. The first-order valence-electron chi connectivity index (χ1n) is 5.57. The van der Waals surface area contributed by atoms with Crippen molar-refractivity contribution in [3.8, 4) is 5.69 Å². The maximum atomic E-state index is 13.3. The van der Waals surface area contributed by atoms with Crippen LogP contribution in [0.4, 0.5) is 4.39 Å². The number of H-pyrrole nitrogens is 1. The summed E-state index contributed by atoms with van der Waals surface area (Å²) < 4.78 is 14.7. The van der Waals surface area contributed by atoms with Crippen molar-refractivity contribution < 1.29 is 4.39 Å². The van der Waals surface area contributed by atoms with E-state index in [2.05, 4.69) is 4.98 Å². The minimum Gasteiger partial charge on any atom is -0.306 e. The van der Waals surface area contributed by atoms with E-state index in [9.17, 15) is 14.0 Å². The molecule has 0 unspecified atom stereocenters. The molecule has 2 heterocycles. The Hall–Kier alpha value is -2.21. The quantitative estimate of drug-likeness (QED) is 0.740. The van der Waals surface area contributed by atoms with Gasteiger partial charge in [-0.15, -0.1) is 11.3 Å². The van der Waals surface area contributed by atoms with E-state index in [-0.39, 0.29) is 5.69 Å². The first kappa shape index (κ1) is 11.9. The SMILES string of the molecule is Cc1ccc(F)cc1-n1c(=O)[nH]c2ccsc2c1=O. The van der Waals surface area contributed by atoms with Gasteiger partial charge in [0.15, 0.2) is 0 Å². The van der Waals surface area contributed by atoms with E-state index in [0.29, 0.717) is 15.8 Å². The van der Waals surface area contributed by atoms with Gasteiger partial charge in [-0.05, 0) is 36.1 Å². The highest BCUT2D eigenvalue weighted by atomic mass is 32.1. The molecule has 3 aromatic rings. The highest BCUT2D eigenvalue weighted by Gasteiger charge is 2.12. The van der Waals surface area contributed by atoms with E-state index in [1.807, 2.05) is 0 Å². The topological polar surface area (TPSA) is 54.9 Å². The number of aryl methyl sites for hydroxylation is 1. The second kappa shape index (κ2) is 4.17. The lowest BCUT2D eigenvalue weighted by Gasteiger charge is -2.08. The van der Waals surface area contributed by atoms with Crippen molar-refractivity contribution in [2.75, 3.05) is 0 Å². The van der Waals surface area contributed by atoms with Crippen LogP contribution in [0.25, 0.3) is 15.9 Å². The molecule has 0 bridgehead atoms. The van der Waals surface area contributed by atoms with Gasteiger partial charge in [-0.1, -0.05) is 6.07 Å². The van der Waals surface area contributed by atoms with Crippen LogP contribution in [0.1, 0.15) is 5.56 Å². The molecule has 3 rings (SSSR count). The normalized spacial score (nSPS) is 11.1. The Morgan fingerprint density at radius 2 is 2.05 bits per heavy atom. The highest BCUT2D eigenvalue weighted by molar-refractivity contribution is 7.17. The minimum atomic E-state index is -0.565. The molecule has 1 N–H and O–H groups in total. The molecular formula is C13H9FN2O2S. The predicted molar refractivity (Wildman–Crippen MR) is 72.7 cm³/mol. The number of hydrogen-bond acceptors (Lipinski definition) is 3. The van der Waals surface area contributed by atoms with Crippen LogP contribution in [0.2, 0.25) is 0 Å². The largest absolute Gasteiger partial charge is 0.333 e. The number of aromatic amines is 1. The smallest absolute Gasteiger partial charge is 0.306 e. The lowest BCUT2D eigenvalue weighted by molar-refractivity contribution is 0.625. The van der Waals surface area contributed by atoms with Gasteiger partial charge in [0, 0.05) is 0 Å². The number of thiophene rings is 1. The number of aromatic nitrogens is 2. The summed E-state index contributed by atoms with van der Waals surface area (Å²) in [5.41, 5.74) is 0.434. The summed E-state index contributed by atoms with van der Waals surface area (Å²) in [6.07, 6.45) is 0. The van der Waals surface area contributed by atoms with Gasteiger partial charge >= 0.3 is 5.69 Å². The second-order valence-corrected chi connectivity index (χ2v) is 5.08. The van der Waals surface area contributed by atoms with Crippen LogP contribution in [0.3, 0.4) is 0 Å². The van der Waals surface area contributed by atoms with E-state index < -0.39 is 17.1 Å². The number of halogens is 1. The summed E-state index contributed by atoms with van der Waals surface area (Å²) in [5, 5.41) is 1.73. The fourth-order valence-corrected chi connectivity index (χ4v) is 2.76. The summed E-state index contributed by atoms with van der Waals surface area (Å²) in [5.74, 6) is -0.488. The monoisotopic (exact) mass is 276 g/mol. The first-order valence-corrected chi connectivity index (χ1v) is 6.45. The van der Waals surface area contributed by atoms with Crippen molar-refractivity contribution in [2.45, 2.75) is 6.92 Å². The average Bonchev–Trinajstić information content (AvgIpc) is 2.82.